The van der Waals surface area contributed by atoms with Crippen molar-refractivity contribution in [3.63, 3.8) is 0 Å². The molecule has 2 nitrogen and oxygen atoms in total. The number of hydrogen-bond donors (Lipinski definition) is 1. The molecule has 19 heavy (non-hydrogen) atoms. The molecule has 1 saturated carbocycles. The second-order valence-corrected chi connectivity index (χ2v) is 6.25. The minimum Gasteiger partial charge on any atom is -0.329 e. The summed E-state index contributed by atoms with van der Waals surface area (Å²) in [5.41, 5.74) is 8.71. The number of benzene rings is 1. The summed E-state index contributed by atoms with van der Waals surface area (Å²) in [4.78, 5) is 2.51. The first-order valence-corrected chi connectivity index (χ1v) is 7.60. The number of nitrogens with two attached hydrogens (primary N) is 1. The summed E-state index contributed by atoms with van der Waals surface area (Å²) in [6.07, 6.45) is 5.39. The molecule has 0 radical (unpaired) electrons. The maximum Gasteiger partial charge on any atom is 0.0470 e. The molecular weight excluding hydrogens is 232 g/mol. The Morgan fingerprint density at radius 3 is 2.53 bits per heavy atom. The molecule has 0 saturated heterocycles. The third-order valence-corrected chi connectivity index (χ3v) is 4.66. The van der Waals surface area contributed by atoms with Crippen LogP contribution in [0.15, 0.2) is 24.3 Å². The lowest BCUT2D eigenvalue weighted by Crippen LogP contribution is -2.41. The number of rotatable bonds is 4. The molecule has 1 aliphatic rings. The Balaban J connectivity index is 2.09. The number of hydrogen-bond acceptors (Lipinski definition) is 2. The lowest BCUT2D eigenvalue weighted by molar-refractivity contribution is 0.121. The van der Waals surface area contributed by atoms with Gasteiger partial charge in [-0.25, -0.2) is 0 Å². The van der Waals surface area contributed by atoms with Crippen molar-refractivity contribution in [2.24, 2.45) is 11.7 Å². The quantitative estimate of drug-likeness (QED) is 0.897. The van der Waals surface area contributed by atoms with E-state index in [-0.39, 0.29) is 0 Å². The highest BCUT2D eigenvalue weighted by Crippen LogP contribution is 2.31. The van der Waals surface area contributed by atoms with Crippen LogP contribution in [0.2, 0.25) is 0 Å². The summed E-state index contributed by atoms with van der Waals surface area (Å²) in [5.74, 6) is 0.859. The van der Waals surface area contributed by atoms with Gasteiger partial charge in [-0.1, -0.05) is 49.6 Å². The zero-order valence-corrected chi connectivity index (χ0v) is 12.6. The van der Waals surface area contributed by atoms with Crippen LogP contribution < -0.4 is 5.73 Å². The van der Waals surface area contributed by atoms with E-state index in [2.05, 4.69) is 50.1 Å². The van der Waals surface area contributed by atoms with Gasteiger partial charge in [-0.15, -0.1) is 0 Å². The first kappa shape index (κ1) is 14.5. The van der Waals surface area contributed by atoms with Crippen LogP contribution in [0.5, 0.6) is 0 Å². The largest absolute Gasteiger partial charge is 0.329 e. The van der Waals surface area contributed by atoms with E-state index in [1.165, 1.54) is 36.8 Å². The van der Waals surface area contributed by atoms with E-state index in [0.717, 1.165) is 5.92 Å². The Labute approximate surface area is 118 Å². The van der Waals surface area contributed by atoms with Gasteiger partial charge in [0.05, 0.1) is 0 Å². The summed E-state index contributed by atoms with van der Waals surface area (Å²) in [5, 5.41) is 0. The summed E-state index contributed by atoms with van der Waals surface area (Å²) in [7, 11) is 2.25. The topological polar surface area (TPSA) is 29.3 Å². The summed E-state index contributed by atoms with van der Waals surface area (Å²) >= 11 is 0. The van der Waals surface area contributed by atoms with Gasteiger partial charge in [-0.05, 0) is 38.3 Å². The zero-order chi connectivity index (χ0) is 13.8. The Kier molecular flexibility index (Phi) is 5.00. The molecule has 1 aromatic carbocycles. The predicted molar refractivity (Wildman–Crippen MR) is 82.2 cm³/mol. The van der Waals surface area contributed by atoms with Crippen molar-refractivity contribution in [1.82, 2.24) is 4.90 Å². The van der Waals surface area contributed by atoms with Gasteiger partial charge in [0.1, 0.15) is 0 Å². The lowest BCUT2D eigenvalue weighted by Gasteiger charge is -2.39. The van der Waals surface area contributed by atoms with Gasteiger partial charge in [-0.3, -0.25) is 4.90 Å². The fourth-order valence-corrected chi connectivity index (χ4v) is 3.35. The molecular formula is C17H28N2. The average Bonchev–Trinajstić information content (AvgIpc) is 2.41. The zero-order valence-electron chi connectivity index (χ0n) is 12.6. The van der Waals surface area contributed by atoms with Gasteiger partial charge in [0, 0.05) is 18.6 Å². The maximum atomic E-state index is 6.04. The van der Waals surface area contributed by atoms with Gasteiger partial charge < -0.3 is 5.73 Å². The monoisotopic (exact) mass is 260 g/mol. The van der Waals surface area contributed by atoms with Crippen molar-refractivity contribution in [3.8, 4) is 0 Å². The van der Waals surface area contributed by atoms with Gasteiger partial charge in [0.15, 0.2) is 0 Å². The van der Waals surface area contributed by atoms with Crippen LogP contribution in [-0.2, 0) is 0 Å². The van der Waals surface area contributed by atoms with Crippen LogP contribution in [0, 0.1) is 12.8 Å². The summed E-state index contributed by atoms with van der Waals surface area (Å²) in [6.45, 7) is 5.21. The van der Waals surface area contributed by atoms with Crippen LogP contribution in [0.25, 0.3) is 0 Å². The van der Waals surface area contributed by atoms with E-state index in [0.29, 0.717) is 18.6 Å². The number of likely N-dealkylation sites (N-methyl/N-ethyl adjacent to an activating group) is 1. The van der Waals surface area contributed by atoms with Crippen LogP contribution >= 0.6 is 0 Å². The molecule has 0 heterocycles. The molecule has 0 spiro atoms. The van der Waals surface area contributed by atoms with Crippen molar-refractivity contribution in [2.45, 2.75) is 51.6 Å². The van der Waals surface area contributed by atoms with Gasteiger partial charge in [0.25, 0.3) is 0 Å². The van der Waals surface area contributed by atoms with E-state index < -0.39 is 0 Å². The summed E-state index contributed by atoms with van der Waals surface area (Å²) < 4.78 is 0. The highest BCUT2D eigenvalue weighted by molar-refractivity contribution is 5.24. The van der Waals surface area contributed by atoms with E-state index in [4.69, 9.17) is 5.73 Å². The van der Waals surface area contributed by atoms with Gasteiger partial charge in [-0.2, -0.15) is 0 Å². The fourth-order valence-electron chi connectivity index (χ4n) is 3.35. The average molecular weight is 260 g/mol. The second-order valence-electron chi connectivity index (χ2n) is 6.25. The van der Waals surface area contributed by atoms with Crippen LogP contribution in [-0.4, -0.2) is 24.5 Å². The Morgan fingerprint density at radius 1 is 1.26 bits per heavy atom. The number of nitrogens with zero attached hydrogens (tertiary/aromatic N) is 1. The molecule has 3 unspecified atom stereocenters. The van der Waals surface area contributed by atoms with Crippen LogP contribution in [0.4, 0.5) is 0 Å². The third kappa shape index (κ3) is 3.58. The van der Waals surface area contributed by atoms with Crippen molar-refractivity contribution >= 4 is 0 Å². The van der Waals surface area contributed by atoms with E-state index in [9.17, 15) is 0 Å². The molecule has 1 aliphatic carbocycles. The van der Waals surface area contributed by atoms with Crippen molar-refractivity contribution in [1.29, 1.82) is 0 Å². The molecule has 2 N–H and O–H groups in total. The minimum absolute atomic E-state index is 0.357. The highest BCUT2D eigenvalue weighted by Gasteiger charge is 2.27. The molecule has 0 aromatic heterocycles. The molecule has 106 valence electrons. The van der Waals surface area contributed by atoms with Crippen LogP contribution in [0.1, 0.15) is 49.8 Å². The first-order valence-electron chi connectivity index (χ1n) is 7.60. The van der Waals surface area contributed by atoms with E-state index in [1.54, 1.807) is 0 Å². The SMILES string of the molecule is Cc1ccc(C(CN)N(C)C2CCCC(C)C2)cc1. The first-order chi connectivity index (χ1) is 9.11. The Hall–Kier alpha value is -0.860. The van der Waals surface area contributed by atoms with Crippen molar-refractivity contribution in [2.75, 3.05) is 13.6 Å². The van der Waals surface area contributed by atoms with E-state index >= 15 is 0 Å². The smallest absolute Gasteiger partial charge is 0.0470 e. The molecule has 1 fully saturated rings. The lowest BCUT2D eigenvalue weighted by atomic mass is 9.85. The fraction of sp³-hybridized carbons (Fsp3) is 0.647. The molecule has 2 heteroatoms. The Morgan fingerprint density at radius 2 is 1.95 bits per heavy atom. The second kappa shape index (κ2) is 6.53. The molecule has 0 bridgehead atoms. The predicted octanol–water partition coefficient (Wildman–Crippen LogP) is 3.51. The third-order valence-electron chi connectivity index (χ3n) is 4.66. The minimum atomic E-state index is 0.357. The molecule has 0 aliphatic heterocycles. The van der Waals surface area contributed by atoms with Gasteiger partial charge in [0.2, 0.25) is 0 Å². The molecule has 2 rings (SSSR count). The molecule has 1 aromatic rings. The molecule has 0 amide bonds. The Bertz CT molecular complexity index is 385. The van der Waals surface area contributed by atoms with Gasteiger partial charge >= 0.3 is 0 Å². The maximum absolute atomic E-state index is 6.04. The normalized spacial score (nSPS) is 25.5. The van der Waals surface area contributed by atoms with Crippen molar-refractivity contribution < 1.29 is 0 Å². The summed E-state index contributed by atoms with van der Waals surface area (Å²) in [6, 6.07) is 9.89. The number of aryl methyl sites for hydroxylation is 1. The van der Waals surface area contributed by atoms with Crippen LogP contribution in [0.3, 0.4) is 0 Å². The van der Waals surface area contributed by atoms with E-state index in [1.807, 2.05) is 0 Å². The standard InChI is InChI=1S/C17H28N2/c1-13-7-9-15(10-8-13)17(12-18)19(3)16-6-4-5-14(2)11-16/h7-10,14,16-17H,4-6,11-12,18H2,1-3H3. The molecule has 3 atom stereocenters. The van der Waals surface area contributed by atoms with Crippen molar-refractivity contribution in [3.05, 3.63) is 35.4 Å². The highest BCUT2D eigenvalue weighted by atomic mass is 15.2.